The summed E-state index contributed by atoms with van der Waals surface area (Å²) in [6.45, 7) is 6.36. The molecule has 0 spiro atoms. The second kappa shape index (κ2) is 9.40. The average molecular weight is 434 g/mol. The molecule has 0 saturated carbocycles. The quantitative estimate of drug-likeness (QED) is 0.504. The van der Waals surface area contributed by atoms with Crippen LogP contribution in [-0.2, 0) is 10.0 Å². The van der Waals surface area contributed by atoms with Crippen molar-refractivity contribution in [2.45, 2.75) is 37.6 Å². The first-order chi connectivity index (χ1) is 14.3. The number of nitrogens with one attached hydrogen (secondary N) is 1. The fraction of sp³-hybridized carbons (Fsp3) is 0.450. The lowest BCUT2D eigenvalue weighted by atomic mass is 10.2. The number of pyridine rings is 1. The lowest BCUT2D eigenvalue weighted by Crippen LogP contribution is -2.47. The van der Waals surface area contributed by atoms with Gasteiger partial charge in [-0.1, -0.05) is 25.5 Å². The van der Waals surface area contributed by atoms with Crippen molar-refractivity contribution >= 4 is 27.2 Å². The molecule has 0 aliphatic carbocycles. The van der Waals surface area contributed by atoms with E-state index in [4.69, 9.17) is 0 Å². The Morgan fingerprint density at radius 3 is 2.40 bits per heavy atom. The van der Waals surface area contributed by atoms with Crippen LogP contribution in [0.4, 0.5) is 17.2 Å². The molecule has 0 radical (unpaired) electrons. The lowest BCUT2D eigenvalue weighted by Gasteiger charge is -2.36. The third-order valence-corrected chi connectivity index (χ3v) is 6.71. The molecule has 2 aromatic rings. The van der Waals surface area contributed by atoms with E-state index in [1.54, 1.807) is 30.3 Å². The molecule has 1 atom stereocenters. The van der Waals surface area contributed by atoms with E-state index in [0.29, 0.717) is 37.7 Å². The summed E-state index contributed by atoms with van der Waals surface area (Å²) in [6, 6.07) is 9.88. The van der Waals surface area contributed by atoms with E-state index in [1.165, 1.54) is 12.3 Å². The van der Waals surface area contributed by atoms with Crippen LogP contribution in [0.3, 0.4) is 0 Å². The Balaban J connectivity index is 1.65. The number of nitro benzene ring substituents is 1. The molecule has 0 bridgehead atoms. The molecule has 1 saturated heterocycles. The van der Waals surface area contributed by atoms with Crippen molar-refractivity contribution < 1.29 is 13.3 Å². The van der Waals surface area contributed by atoms with Gasteiger partial charge in [0.05, 0.1) is 4.92 Å². The summed E-state index contributed by atoms with van der Waals surface area (Å²) in [5.74, 6) is 0.692. The lowest BCUT2D eigenvalue weighted by molar-refractivity contribution is -0.384. The van der Waals surface area contributed by atoms with Crippen molar-refractivity contribution in [1.82, 2.24) is 9.71 Å². The number of hydrogen-bond acceptors (Lipinski definition) is 7. The van der Waals surface area contributed by atoms with Crippen molar-refractivity contribution in [2.24, 2.45) is 0 Å². The molecular formula is C20H27N5O4S. The monoisotopic (exact) mass is 433 g/mol. The van der Waals surface area contributed by atoms with Gasteiger partial charge < -0.3 is 9.80 Å². The van der Waals surface area contributed by atoms with Crippen LogP contribution in [0, 0.1) is 10.1 Å². The maximum atomic E-state index is 12.5. The zero-order valence-corrected chi connectivity index (χ0v) is 18.0. The Morgan fingerprint density at radius 1 is 1.13 bits per heavy atom. The predicted octanol–water partition coefficient (Wildman–Crippen LogP) is 2.78. The Bertz CT molecular complexity index is 973. The molecule has 1 N–H and O–H groups in total. The zero-order valence-electron chi connectivity index (χ0n) is 17.2. The van der Waals surface area contributed by atoms with Gasteiger partial charge in [-0.2, -0.15) is 0 Å². The molecule has 1 fully saturated rings. The highest BCUT2D eigenvalue weighted by Crippen LogP contribution is 2.29. The molecule has 1 unspecified atom stereocenters. The van der Waals surface area contributed by atoms with Gasteiger partial charge >= 0.3 is 0 Å². The van der Waals surface area contributed by atoms with E-state index in [9.17, 15) is 18.5 Å². The summed E-state index contributed by atoms with van der Waals surface area (Å²) in [5.41, 5.74) is 0.715. The smallest absolute Gasteiger partial charge is 0.292 e. The van der Waals surface area contributed by atoms with Crippen LogP contribution in [0.2, 0.25) is 0 Å². The molecule has 1 aliphatic rings. The van der Waals surface area contributed by atoms with Gasteiger partial charge in [0.2, 0.25) is 10.0 Å². The van der Waals surface area contributed by atoms with Crippen LogP contribution < -0.4 is 14.5 Å². The molecule has 1 aliphatic heterocycles. The zero-order chi connectivity index (χ0) is 21.7. The van der Waals surface area contributed by atoms with E-state index < -0.39 is 10.0 Å². The van der Waals surface area contributed by atoms with Crippen LogP contribution in [0.15, 0.2) is 47.5 Å². The van der Waals surface area contributed by atoms with E-state index in [2.05, 4.69) is 14.6 Å². The molecule has 10 heteroatoms. The van der Waals surface area contributed by atoms with Gasteiger partial charge in [0.1, 0.15) is 16.4 Å². The maximum absolute atomic E-state index is 12.5. The number of nitro groups is 1. The number of sulfonamides is 1. The van der Waals surface area contributed by atoms with Crippen LogP contribution in [0.1, 0.15) is 26.7 Å². The molecular weight excluding hydrogens is 406 g/mol. The third kappa shape index (κ3) is 5.06. The van der Waals surface area contributed by atoms with Crippen molar-refractivity contribution in [3.05, 3.63) is 52.7 Å². The van der Waals surface area contributed by atoms with E-state index in [1.807, 2.05) is 18.7 Å². The molecule has 1 aromatic heterocycles. The first-order valence-electron chi connectivity index (χ1n) is 10.0. The number of benzene rings is 1. The van der Waals surface area contributed by atoms with Crippen molar-refractivity contribution in [1.29, 1.82) is 0 Å². The number of hydrogen-bond donors (Lipinski definition) is 1. The SMILES string of the molecule is CCCC(C)NS(=O)(=O)c1ccc(N2CCN(c3ccccc3[N+](=O)[O-])CC2)nc1. The summed E-state index contributed by atoms with van der Waals surface area (Å²) in [6.07, 6.45) is 3.05. The van der Waals surface area contributed by atoms with Gasteiger partial charge in [0.25, 0.3) is 5.69 Å². The molecule has 9 nitrogen and oxygen atoms in total. The minimum atomic E-state index is -3.59. The summed E-state index contributed by atoms with van der Waals surface area (Å²) in [4.78, 5) is 19.4. The number of aromatic nitrogens is 1. The Hall–Kier alpha value is -2.72. The summed E-state index contributed by atoms with van der Waals surface area (Å²) >= 11 is 0. The van der Waals surface area contributed by atoms with Gasteiger partial charge in [0.15, 0.2) is 0 Å². The van der Waals surface area contributed by atoms with Crippen LogP contribution in [0.25, 0.3) is 0 Å². The van der Waals surface area contributed by atoms with Crippen molar-refractivity contribution in [3.8, 4) is 0 Å². The topological polar surface area (TPSA) is 109 Å². The predicted molar refractivity (Wildman–Crippen MR) is 116 cm³/mol. The summed E-state index contributed by atoms with van der Waals surface area (Å²) in [5, 5.41) is 11.3. The highest BCUT2D eigenvalue weighted by atomic mass is 32.2. The Kier molecular flexibility index (Phi) is 6.88. The first kappa shape index (κ1) is 22.0. The fourth-order valence-electron chi connectivity index (χ4n) is 3.61. The molecule has 1 aromatic carbocycles. The highest BCUT2D eigenvalue weighted by Gasteiger charge is 2.24. The van der Waals surface area contributed by atoms with Gasteiger partial charge in [-0.05, 0) is 31.5 Å². The minimum Gasteiger partial charge on any atom is -0.362 e. The number of nitrogens with zero attached hydrogens (tertiary/aromatic N) is 4. The summed E-state index contributed by atoms with van der Waals surface area (Å²) < 4.78 is 27.6. The Labute approximate surface area is 176 Å². The third-order valence-electron chi connectivity index (χ3n) is 5.13. The summed E-state index contributed by atoms with van der Waals surface area (Å²) in [7, 11) is -3.59. The Morgan fingerprint density at radius 2 is 1.80 bits per heavy atom. The van der Waals surface area contributed by atoms with Crippen molar-refractivity contribution in [2.75, 3.05) is 36.0 Å². The number of piperazine rings is 1. The number of rotatable bonds is 8. The number of para-hydroxylation sites is 2. The van der Waals surface area contributed by atoms with Gasteiger partial charge in [0, 0.05) is 44.5 Å². The van der Waals surface area contributed by atoms with Crippen LogP contribution in [0.5, 0.6) is 0 Å². The molecule has 0 amide bonds. The van der Waals surface area contributed by atoms with Gasteiger partial charge in [-0.3, -0.25) is 10.1 Å². The first-order valence-corrected chi connectivity index (χ1v) is 11.5. The normalized spacial score (nSPS) is 15.8. The van der Waals surface area contributed by atoms with Gasteiger partial charge in [-0.25, -0.2) is 18.1 Å². The second-order valence-electron chi connectivity index (χ2n) is 7.38. The second-order valence-corrected chi connectivity index (χ2v) is 9.10. The van der Waals surface area contributed by atoms with Gasteiger partial charge in [-0.15, -0.1) is 0 Å². The van der Waals surface area contributed by atoms with Crippen molar-refractivity contribution in [3.63, 3.8) is 0 Å². The average Bonchev–Trinajstić information content (AvgIpc) is 2.74. The molecule has 30 heavy (non-hydrogen) atoms. The largest absolute Gasteiger partial charge is 0.362 e. The maximum Gasteiger partial charge on any atom is 0.292 e. The van der Waals surface area contributed by atoms with Crippen LogP contribution >= 0.6 is 0 Å². The van der Waals surface area contributed by atoms with E-state index in [-0.39, 0.29) is 21.5 Å². The minimum absolute atomic E-state index is 0.100. The standard InChI is InChI=1S/C20H27N5O4S/c1-3-6-16(2)22-30(28,29)17-9-10-20(21-15-17)24-13-11-23(12-14-24)18-7-4-5-8-19(18)25(26)27/h4-5,7-10,15-16,22H,3,6,11-14H2,1-2H3. The van der Waals surface area contributed by atoms with E-state index >= 15 is 0 Å². The fourth-order valence-corrected chi connectivity index (χ4v) is 4.83. The van der Waals surface area contributed by atoms with Crippen LogP contribution in [-0.4, -0.2) is 50.5 Å². The highest BCUT2D eigenvalue weighted by molar-refractivity contribution is 7.89. The van der Waals surface area contributed by atoms with E-state index in [0.717, 1.165) is 12.8 Å². The number of anilines is 2. The molecule has 162 valence electrons. The molecule has 2 heterocycles. The molecule has 3 rings (SSSR count).